The van der Waals surface area contributed by atoms with Crippen molar-refractivity contribution in [2.24, 2.45) is 11.3 Å². The highest BCUT2D eigenvalue weighted by atomic mass is 35.5. The lowest BCUT2D eigenvalue weighted by Gasteiger charge is -2.29. The summed E-state index contributed by atoms with van der Waals surface area (Å²) in [5.41, 5.74) is 0.220. The Kier molecular flexibility index (Phi) is 7.14. The Morgan fingerprint density at radius 2 is 2.00 bits per heavy atom. The van der Waals surface area contributed by atoms with E-state index in [9.17, 15) is 19.8 Å². The van der Waals surface area contributed by atoms with Gasteiger partial charge in [-0.25, -0.2) is 0 Å². The molecule has 0 unspecified atom stereocenters. The average Bonchev–Trinajstić information content (AvgIpc) is 2.97. The van der Waals surface area contributed by atoms with Gasteiger partial charge in [0.1, 0.15) is 5.92 Å². The predicted molar refractivity (Wildman–Crippen MR) is 106 cm³/mol. The van der Waals surface area contributed by atoms with Gasteiger partial charge in [-0.3, -0.25) is 9.59 Å². The Hall–Kier alpha value is -1.34. The zero-order valence-electron chi connectivity index (χ0n) is 15.7. The Labute approximate surface area is 169 Å². The molecule has 0 aromatic heterocycles. The molecule has 1 aliphatic heterocycles. The number of benzene rings is 1. The largest absolute Gasteiger partial charge is 0.394 e. The number of nitrogens with zero attached hydrogens (tertiary/aromatic N) is 1. The van der Waals surface area contributed by atoms with Crippen LogP contribution in [-0.4, -0.2) is 47.3 Å². The number of carbonyl (C=O) groups excluding carboxylic acids is 2. The molecule has 6 nitrogen and oxygen atoms in total. The van der Waals surface area contributed by atoms with E-state index in [0.717, 1.165) is 0 Å². The summed E-state index contributed by atoms with van der Waals surface area (Å²) in [6.45, 7) is 5.72. The molecule has 1 heterocycles. The molecule has 1 aromatic rings. The minimum absolute atomic E-state index is 0.211. The van der Waals surface area contributed by atoms with Crippen LogP contribution >= 0.6 is 23.2 Å². The fraction of sp³-hybridized carbons (Fsp3) is 0.579. The molecule has 1 saturated heterocycles. The summed E-state index contributed by atoms with van der Waals surface area (Å²) in [7, 11) is 0. The summed E-state index contributed by atoms with van der Waals surface area (Å²) in [5.74, 6) is -1.60. The molecule has 3 atom stereocenters. The summed E-state index contributed by atoms with van der Waals surface area (Å²) in [6.07, 6.45) is -0.115. The molecule has 1 aromatic carbocycles. The number of hydrogen-bond acceptors (Lipinski definition) is 4. The number of carbonyl (C=O) groups is 2. The lowest BCUT2D eigenvalue weighted by molar-refractivity contribution is -0.133. The number of halogens is 2. The van der Waals surface area contributed by atoms with Gasteiger partial charge in [0, 0.05) is 12.2 Å². The van der Waals surface area contributed by atoms with E-state index in [0.29, 0.717) is 28.7 Å². The van der Waals surface area contributed by atoms with Gasteiger partial charge >= 0.3 is 0 Å². The van der Waals surface area contributed by atoms with E-state index in [1.165, 1.54) is 4.90 Å². The van der Waals surface area contributed by atoms with Crippen molar-refractivity contribution >= 4 is 40.7 Å². The highest BCUT2D eigenvalue weighted by molar-refractivity contribution is 6.42. The molecule has 2 amide bonds. The Morgan fingerprint density at radius 1 is 1.33 bits per heavy atom. The number of hydrogen-bond donors (Lipinski definition) is 3. The van der Waals surface area contributed by atoms with Crippen LogP contribution in [0.2, 0.25) is 10.0 Å². The zero-order valence-corrected chi connectivity index (χ0v) is 17.2. The summed E-state index contributed by atoms with van der Waals surface area (Å²) in [5, 5.41) is 23.2. The van der Waals surface area contributed by atoms with Crippen LogP contribution in [0.3, 0.4) is 0 Å². The lowest BCUT2D eigenvalue weighted by Crippen LogP contribution is -2.46. The second-order valence-corrected chi connectivity index (χ2v) is 8.75. The first-order valence-corrected chi connectivity index (χ1v) is 9.66. The SMILES string of the molecule is CC(C)(C)[C@H](O)C[C@H](CO)NC(=O)[C@@H]1CCN(c2ccc(Cl)c(Cl)c2)C1=O. The molecule has 8 heteroatoms. The minimum Gasteiger partial charge on any atom is -0.394 e. The third-order valence-corrected chi connectivity index (χ3v) is 5.55. The average molecular weight is 417 g/mol. The van der Waals surface area contributed by atoms with Crippen molar-refractivity contribution in [3.8, 4) is 0 Å². The third-order valence-electron chi connectivity index (χ3n) is 4.81. The van der Waals surface area contributed by atoms with Gasteiger partial charge in [0.25, 0.3) is 0 Å². The molecule has 1 fully saturated rings. The van der Waals surface area contributed by atoms with Crippen LogP contribution in [0, 0.1) is 11.3 Å². The second kappa shape index (κ2) is 8.78. The monoisotopic (exact) mass is 416 g/mol. The summed E-state index contributed by atoms with van der Waals surface area (Å²) >= 11 is 11.9. The van der Waals surface area contributed by atoms with Crippen molar-refractivity contribution in [3.05, 3.63) is 28.2 Å². The molecule has 0 bridgehead atoms. The Balaban J connectivity index is 2.02. The van der Waals surface area contributed by atoms with Gasteiger partial charge in [-0.2, -0.15) is 0 Å². The lowest BCUT2D eigenvalue weighted by atomic mass is 9.85. The molecule has 27 heavy (non-hydrogen) atoms. The van der Waals surface area contributed by atoms with Gasteiger partial charge in [0.2, 0.25) is 11.8 Å². The summed E-state index contributed by atoms with van der Waals surface area (Å²) in [4.78, 5) is 26.7. The van der Waals surface area contributed by atoms with Crippen molar-refractivity contribution in [1.29, 1.82) is 0 Å². The number of aliphatic hydroxyl groups excluding tert-OH is 2. The molecule has 3 N–H and O–H groups in total. The molecular formula is C19H26Cl2N2O4. The minimum atomic E-state index is -0.833. The van der Waals surface area contributed by atoms with E-state index in [1.54, 1.807) is 18.2 Å². The van der Waals surface area contributed by atoms with Gasteiger partial charge in [0.15, 0.2) is 0 Å². The van der Waals surface area contributed by atoms with Crippen LogP contribution in [0.15, 0.2) is 18.2 Å². The fourth-order valence-electron chi connectivity index (χ4n) is 2.94. The number of aliphatic hydroxyl groups is 2. The first-order valence-electron chi connectivity index (χ1n) is 8.90. The van der Waals surface area contributed by atoms with Crippen LogP contribution in [0.5, 0.6) is 0 Å². The van der Waals surface area contributed by atoms with Gasteiger partial charge in [-0.1, -0.05) is 44.0 Å². The van der Waals surface area contributed by atoms with Crippen LogP contribution in [0.1, 0.15) is 33.6 Å². The molecule has 150 valence electrons. The van der Waals surface area contributed by atoms with Crippen LogP contribution < -0.4 is 10.2 Å². The highest BCUT2D eigenvalue weighted by Crippen LogP contribution is 2.31. The molecular weight excluding hydrogens is 391 g/mol. The Bertz CT molecular complexity index is 705. The van der Waals surface area contributed by atoms with Crippen molar-refractivity contribution in [2.75, 3.05) is 18.1 Å². The Morgan fingerprint density at radius 3 is 2.56 bits per heavy atom. The first kappa shape index (κ1) is 22.0. The van der Waals surface area contributed by atoms with Crippen LogP contribution in [0.4, 0.5) is 5.69 Å². The molecule has 1 aliphatic rings. The van der Waals surface area contributed by atoms with Gasteiger partial charge in [-0.15, -0.1) is 0 Å². The standard InChI is InChI=1S/C19H26Cl2N2O4/c1-19(2,3)16(25)8-11(10-24)22-17(26)13-6-7-23(18(13)27)12-4-5-14(20)15(21)9-12/h4-5,9,11,13,16,24-25H,6-8,10H2,1-3H3,(H,22,26)/t11-,13+,16-/m1/s1. The van der Waals surface area contributed by atoms with Crippen LogP contribution in [-0.2, 0) is 9.59 Å². The smallest absolute Gasteiger partial charge is 0.239 e. The van der Waals surface area contributed by atoms with E-state index in [4.69, 9.17) is 23.2 Å². The summed E-state index contributed by atoms with van der Waals surface area (Å²) < 4.78 is 0. The maximum atomic E-state index is 12.7. The summed E-state index contributed by atoms with van der Waals surface area (Å²) in [6, 6.07) is 4.27. The van der Waals surface area contributed by atoms with E-state index in [-0.39, 0.29) is 24.3 Å². The molecule has 0 radical (unpaired) electrons. The van der Waals surface area contributed by atoms with E-state index in [1.807, 2.05) is 20.8 Å². The van der Waals surface area contributed by atoms with Gasteiger partial charge in [0.05, 0.1) is 28.8 Å². The first-order chi connectivity index (χ1) is 12.5. The molecule has 2 rings (SSSR count). The third kappa shape index (κ3) is 5.35. The number of rotatable bonds is 6. The normalized spacial score (nSPS) is 19.9. The maximum absolute atomic E-state index is 12.7. The van der Waals surface area contributed by atoms with Crippen molar-refractivity contribution < 1.29 is 19.8 Å². The van der Waals surface area contributed by atoms with E-state index >= 15 is 0 Å². The van der Waals surface area contributed by atoms with Crippen molar-refractivity contribution in [2.45, 2.75) is 45.8 Å². The quantitative estimate of drug-likeness (QED) is 0.621. The number of anilines is 1. The van der Waals surface area contributed by atoms with Crippen molar-refractivity contribution in [3.63, 3.8) is 0 Å². The maximum Gasteiger partial charge on any atom is 0.239 e. The van der Waals surface area contributed by atoms with E-state index < -0.39 is 24.0 Å². The van der Waals surface area contributed by atoms with Gasteiger partial charge in [-0.05, 0) is 36.5 Å². The molecule has 0 saturated carbocycles. The fourth-order valence-corrected chi connectivity index (χ4v) is 3.23. The molecule has 0 aliphatic carbocycles. The van der Waals surface area contributed by atoms with Gasteiger partial charge < -0.3 is 20.4 Å². The van der Waals surface area contributed by atoms with Crippen molar-refractivity contribution in [1.82, 2.24) is 5.32 Å². The topological polar surface area (TPSA) is 89.9 Å². The number of amides is 2. The highest BCUT2D eigenvalue weighted by Gasteiger charge is 2.38. The zero-order chi connectivity index (χ0) is 20.4. The number of nitrogens with one attached hydrogen (secondary N) is 1. The van der Waals surface area contributed by atoms with E-state index in [2.05, 4.69) is 5.32 Å². The second-order valence-electron chi connectivity index (χ2n) is 7.94. The van der Waals surface area contributed by atoms with Crippen LogP contribution in [0.25, 0.3) is 0 Å². The predicted octanol–water partition coefficient (Wildman–Crippen LogP) is 2.62. The molecule has 0 spiro atoms.